The van der Waals surface area contributed by atoms with Crippen molar-refractivity contribution in [3.05, 3.63) is 59.5 Å². The van der Waals surface area contributed by atoms with Crippen LogP contribution < -0.4 is 10.6 Å². The van der Waals surface area contributed by atoms with Crippen LogP contribution in [0.3, 0.4) is 0 Å². The van der Waals surface area contributed by atoms with Gasteiger partial charge >= 0.3 is 0 Å². The van der Waals surface area contributed by atoms with Crippen LogP contribution in [-0.4, -0.2) is 5.11 Å². The summed E-state index contributed by atoms with van der Waals surface area (Å²) in [6, 6.07) is 12.7. The molecule has 0 saturated heterocycles. The highest BCUT2D eigenvalue weighted by molar-refractivity contribution is 7.80. The molecular formula is C16H18N2OS. The average Bonchev–Trinajstić information content (AvgIpc) is 2.99. The van der Waals surface area contributed by atoms with Crippen LogP contribution in [0.4, 0.5) is 0 Å². The van der Waals surface area contributed by atoms with E-state index in [1.807, 2.05) is 12.1 Å². The smallest absolute Gasteiger partial charge is 0.167 e. The van der Waals surface area contributed by atoms with Crippen molar-refractivity contribution < 1.29 is 4.42 Å². The van der Waals surface area contributed by atoms with Crippen molar-refractivity contribution in [3.8, 4) is 0 Å². The molecule has 0 bridgehead atoms. The molecule has 2 N–H and O–H groups in total. The number of benzene rings is 1. The highest BCUT2D eigenvalue weighted by Crippen LogP contribution is 2.29. The first-order valence-corrected chi connectivity index (χ1v) is 7.38. The lowest BCUT2D eigenvalue weighted by molar-refractivity contribution is 0.495. The van der Waals surface area contributed by atoms with E-state index < -0.39 is 0 Å². The molecule has 0 aliphatic heterocycles. The lowest BCUT2D eigenvalue weighted by atomic mass is 9.88. The molecule has 1 aromatic heterocycles. The number of nitrogens with one attached hydrogen (secondary N) is 2. The molecule has 1 aromatic carbocycles. The molecule has 0 amide bonds. The van der Waals surface area contributed by atoms with E-state index in [9.17, 15) is 0 Å². The maximum absolute atomic E-state index is 5.37. The Morgan fingerprint density at radius 3 is 3.00 bits per heavy atom. The highest BCUT2D eigenvalue weighted by Gasteiger charge is 2.20. The molecule has 104 valence electrons. The summed E-state index contributed by atoms with van der Waals surface area (Å²) >= 11 is 5.37. The second-order valence-electron chi connectivity index (χ2n) is 5.05. The summed E-state index contributed by atoms with van der Waals surface area (Å²) in [5, 5.41) is 7.29. The largest absolute Gasteiger partial charge is 0.467 e. The molecule has 1 atom stereocenters. The number of hydrogen-bond acceptors (Lipinski definition) is 2. The molecule has 20 heavy (non-hydrogen) atoms. The van der Waals surface area contributed by atoms with Crippen molar-refractivity contribution in [3.63, 3.8) is 0 Å². The number of furan rings is 1. The number of hydrogen-bond donors (Lipinski definition) is 2. The Labute approximate surface area is 124 Å². The van der Waals surface area contributed by atoms with Gasteiger partial charge in [-0.05, 0) is 54.7 Å². The predicted octanol–water partition coefficient (Wildman–Crippen LogP) is 3.32. The van der Waals surface area contributed by atoms with Crippen LogP contribution >= 0.6 is 12.2 Å². The van der Waals surface area contributed by atoms with Gasteiger partial charge in [-0.25, -0.2) is 0 Å². The third-order valence-electron chi connectivity index (χ3n) is 3.68. The Hall–Kier alpha value is -1.81. The van der Waals surface area contributed by atoms with E-state index in [-0.39, 0.29) is 0 Å². The summed E-state index contributed by atoms with van der Waals surface area (Å²) in [6.07, 6.45) is 5.17. The van der Waals surface area contributed by atoms with E-state index in [4.69, 9.17) is 16.6 Å². The summed E-state index contributed by atoms with van der Waals surface area (Å²) in [4.78, 5) is 0. The van der Waals surface area contributed by atoms with Crippen molar-refractivity contribution in [1.29, 1.82) is 0 Å². The Kier molecular flexibility index (Phi) is 4.02. The van der Waals surface area contributed by atoms with Crippen molar-refractivity contribution in [2.45, 2.75) is 31.8 Å². The van der Waals surface area contributed by atoms with Crippen LogP contribution in [0.15, 0.2) is 47.1 Å². The maximum atomic E-state index is 5.37. The van der Waals surface area contributed by atoms with Gasteiger partial charge in [-0.15, -0.1) is 0 Å². The van der Waals surface area contributed by atoms with E-state index in [1.54, 1.807) is 6.26 Å². The van der Waals surface area contributed by atoms with E-state index in [0.29, 0.717) is 17.7 Å². The minimum Gasteiger partial charge on any atom is -0.467 e. The molecule has 0 spiro atoms. The number of fused-ring (bicyclic) bond motifs is 1. The minimum absolute atomic E-state index is 0.316. The third-order valence-corrected chi connectivity index (χ3v) is 3.94. The molecule has 0 radical (unpaired) electrons. The zero-order valence-corrected chi connectivity index (χ0v) is 12.1. The predicted molar refractivity (Wildman–Crippen MR) is 83.4 cm³/mol. The normalized spacial score (nSPS) is 17.3. The van der Waals surface area contributed by atoms with E-state index >= 15 is 0 Å². The van der Waals surface area contributed by atoms with Gasteiger partial charge in [0.25, 0.3) is 0 Å². The van der Waals surface area contributed by atoms with Gasteiger partial charge in [0, 0.05) is 0 Å². The number of rotatable bonds is 3. The summed E-state index contributed by atoms with van der Waals surface area (Å²) < 4.78 is 5.28. The van der Waals surface area contributed by atoms with Gasteiger partial charge in [-0.1, -0.05) is 24.3 Å². The van der Waals surface area contributed by atoms with E-state index in [0.717, 1.165) is 12.2 Å². The summed E-state index contributed by atoms with van der Waals surface area (Å²) in [5.74, 6) is 0.887. The number of aryl methyl sites for hydroxylation is 1. The molecule has 2 aromatic rings. The molecule has 3 nitrogen and oxygen atoms in total. The Balaban J connectivity index is 1.59. The van der Waals surface area contributed by atoms with Crippen LogP contribution in [0.2, 0.25) is 0 Å². The first-order valence-electron chi connectivity index (χ1n) is 6.97. The summed E-state index contributed by atoms with van der Waals surface area (Å²) in [7, 11) is 0. The van der Waals surface area contributed by atoms with Crippen LogP contribution in [-0.2, 0) is 13.0 Å². The molecule has 1 heterocycles. The number of thiocarbonyl (C=S) groups is 1. The van der Waals surface area contributed by atoms with Gasteiger partial charge in [0.2, 0.25) is 0 Å². The van der Waals surface area contributed by atoms with Crippen LogP contribution in [0.25, 0.3) is 0 Å². The minimum atomic E-state index is 0.316. The van der Waals surface area contributed by atoms with E-state index in [1.165, 1.54) is 24.0 Å². The van der Waals surface area contributed by atoms with Gasteiger partial charge in [-0.3, -0.25) is 0 Å². The second-order valence-corrected chi connectivity index (χ2v) is 5.46. The summed E-state index contributed by atoms with van der Waals surface area (Å²) in [6.45, 7) is 0.618. The highest BCUT2D eigenvalue weighted by atomic mass is 32.1. The molecule has 3 rings (SSSR count). The SMILES string of the molecule is S=C(NCc1ccco1)N[C@@H]1CCCc2ccccc21. The lowest BCUT2D eigenvalue weighted by Crippen LogP contribution is -2.38. The molecule has 1 aliphatic carbocycles. The zero-order chi connectivity index (χ0) is 13.8. The van der Waals surface area contributed by atoms with Gasteiger partial charge in [0.1, 0.15) is 5.76 Å². The van der Waals surface area contributed by atoms with Gasteiger partial charge in [-0.2, -0.15) is 0 Å². The fraction of sp³-hybridized carbons (Fsp3) is 0.312. The maximum Gasteiger partial charge on any atom is 0.167 e. The molecular weight excluding hydrogens is 268 g/mol. The Morgan fingerprint density at radius 2 is 2.15 bits per heavy atom. The first kappa shape index (κ1) is 13.2. The van der Waals surface area contributed by atoms with Gasteiger partial charge in [0.05, 0.1) is 18.8 Å². The molecule has 0 fully saturated rings. The lowest BCUT2D eigenvalue weighted by Gasteiger charge is -2.27. The van der Waals surface area contributed by atoms with Crippen molar-refractivity contribution in [2.24, 2.45) is 0 Å². The van der Waals surface area contributed by atoms with Crippen molar-refractivity contribution >= 4 is 17.3 Å². The Bertz CT molecular complexity index is 580. The molecule has 4 heteroatoms. The van der Waals surface area contributed by atoms with Crippen LogP contribution in [0.1, 0.15) is 35.8 Å². The third kappa shape index (κ3) is 3.02. The molecule has 0 saturated carbocycles. The quantitative estimate of drug-likeness (QED) is 0.849. The molecule has 1 aliphatic rings. The van der Waals surface area contributed by atoms with Gasteiger partial charge < -0.3 is 15.1 Å². The fourth-order valence-corrected chi connectivity index (χ4v) is 2.91. The average molecular weight is 286 g/mol. The van der Waals surface area contributed by atoms with Crippen LogP contribution in [0.5, 0.6) is 0 Å². The van der Waals surface area contributed by atoms with Crippen molar-refractivity contribution in [2.75, 3.05) is 0 Å². The van der Waals surface area contributed by atoms with Gasteiger partial charge in [0.15, 0.2) is 5.11 Å². The monoisotopic (exact) mass is 286 g/mol. The first-order chi connectivity index (χ1) is 9.83. The topological polar surface area (TPSA) is 37.2 Å². The summed E-state index contributed by atoms with van der Waals surface area (Å²) in [5.41, 5.74) is 2.81. The molecule has 0 unspecified atom stereocenters. The fourth-order valence-electron chi connectivity index (χ4n) is 2.69. The van der Waals surface area contributed by atoms with E-state index in [2.05, 4.69) is 34.9 Å². The zero-order valence-electron chi connectivity index (χ0n) is 11.3. The standard InChI is InChI=1S/C16H18N2OS/c20-16(17-11-13-7-4-10-19-13)18-15-9-3-6-12-5-1-2-8-14(12)15/h1-2,4-5,7-8,10,15H,3,6,9,11H2,(H2,17,18,20)/t15-/m1/s1. The second kappa shape index (κ2) is 6.09. The van der Waals surface area contributed by atoms with Crippen molar-refractivity contribution in [1.82, 2.24) is 10.6 Å². The Morgan fingerprint density at radius 1 is 1.25 bits per heavy atom. The van der Waals surface area contributed by atoms with Crippen LogP contribution in [0, 0.1) is 0 Å².